The molecular formula is C11H11FN2O2. The van der Waals surface area contributed by atoms with Gasteiger partial charge in [0.2, 0.25) is 0 Å². The summed E-state index contributed by atoms with van der Waals surface area (Å²) in [7, 11) is 1.19. The molecule has 0 aromatic heterocycles. The molecule has 0 radical (unpaired) electrons. The standard InChI is InChI=1S/C11H11FN2O2/c1-3-7-13-14-9-6-4-5-8(12)10(9)11(15)16-2/h3-7,14H,1H2,2H3/b13-7+. The first-order valence-corrected chi connectivity index (χ1v) is 4.47. The molecule has 0 bridgehead atoms. The van der Waals surface area contributed by atoms with Gasteiger partial charge >= 0.3 is 5.97 Å². The molecule has 0 fully saturated rings. The average Bonchev–Trinajstić information content (AvgIpc) is 2.29. The van der Waals surface area contributed by atoms with Crippen molar-refractivity contribution in [2.24, 2.45) is 5.10 Å². The number of anilines is 1. The van der Waals surface area contributed by atoms with Crippen LogP contribution in [-0.2, 0) is 4.74 Å². The molecule has 84 valence electrons. The SMILES string of the molecule is C=C/C=N/Nc1cccc(F)c1C(=O)OC. The predicted molar refractivity (Wildman–Crippen MR) is 60.1 cm³/mol. The number of methoxy groups -OCH3 is 1. The van der Waals surface area contributed by atoms with E-state index >= 15 is 0 Å². The molecule has 0 saturated carbocycles. The first kappa shape index (κ1) is 11.9. The number of nitrogens with one attached hydrogen (secondary N) is 1. The predicted octanol–water partition coefficient (Wildman–Crippen LogP) is 2.20. The van der Waals surface area contributed by atoms with Gasteiger partial charge in [0.05, 0.1) is 12.8 Å². The van der Waals surface area contributed by atoms with E-state index in [0.29, 0.717) is 0 Å². The van der Waals surface area contributed by atoms with Crippen LogP contribution in [0.2, 0.25) is 0 Å². The molecule has 5 heteroatoms. The first-order chi connectivity index (χ1) is 7.70. The lowest BCUT2D eigenvalue weighted by Crippen LogP contribution is -2.08. The maximum absolute atomic E-state index is 13.4. The Bertz CT molecular complexity index is 430. The Balaban J connectivity index is 3.07. The second kappa shape index (κ2) is 5.65. The number of nitrogens with zero attached hydrogens (tertiary/aromatic N) is 1. The van der Waals surface area contributed by atoms with E-state index in [1.165, 1.54) is 37.6 Å². The molecule has 0 unspecified atom stereocenters. The number of esters is 1. The molecule has 0 aliphatic heterocycles. The lowest BCUT2D eigenvalue weighted by atomic mass is 10.1. The summed E-state index contributed by atoms with van der Waals surface area (Å²) >= 11 is 0. The summed E-state index contributed by atoms with van der Waals surface area (Å²) in [5, 5.41) is 3.71. The van der Waals surface area contributed by atoms with Gasteiger partial charge in [-0.2, -0.15) is 5.10 Å². The molecule has 4 nitrogen and oxygen atoms in total. The largest absolute Gasteiger partial charge is 0.465 e. The van der Waals surface area contributed by atoms with Crippen LogP contribution in [0.5, 0.6) is 0 Å². The van der Waals surface area contributed by atoms with Crippen LogP contribution in [-0.4, -0.2) is 19.3 Å². The van der Waals surface area contributed by atoms with Crippen molar-refractivity contribution >= 4 is 17.9 Å². The molecule has 0 amide bonds. The van der Waals surface area contributed by atoms with Crippen molar-refractivity contribution in [3.8, 4) is 0 Å². The van der Waals surface area contributed by atoms with Crippen LogP contribution in [0.4, 0.5) is 10.1 Å². The van der Waals surface area contributed by atoms with Crippen LogP contribution in [0.25, 0.3) is 0 Å². The molecule has 16 heavy (non-hydrogen) atoms. The van der Waals surface area contributed by atoms with Gasteiger partial charge in [-0.15, -0.1) is 0 Å². The van der Waals surface area contributed by atoms with Gasteiger partial charge < -0.3 is 4.74 Å². The minimum Gasteiger partial charge on any atom is -0.465 e. The van der Waals surface area contributed by atoms with E-state index in [0.717, 1.165) is 0 Å². The molecule has 1 aromatic carbocycles. The third-order valence-corrected chi connectivity index (χ3v) is 1.77. The quantitative estimate of drug-likeness (QED) is 0.482. The van der Waals surface area contributed by atoms with E-state index in [4.69, 9.17) is 0 Å². The van der Waals surface area contributed by atoms with Crippen LogP contribution in [0.3, 0.4) is 0 Å². The molecule has 0 atom stereocenters. The smallest absolute Gasteiger partial charge is 0.343 e. The molecule has 0 aliphatic carbocycles. The van der Waals surface area contributed by atoms with E-state index in [1.54, 1.807) is 0 Å². The summed E-state index contributed by atoms with van der Waals surface area (Å²) in [5.41, 5.74) is 2.59. The van der Waals surface area contributed by atoms with Crippen LogP contribution in [0, 0.1) is 5.82 Å². The number of hydrogen-bond donors (Lipinski definition) is 1. The summed E-state index contributed by atoms with van der Waals surface area (Å²) in [5.74, 6) is -1.42. The first-order valence-electron chi connectivity index (χ1n) is 4.47. The number of hydrazone groups is 1. The number of allylic oxidation sites excluding steroid dienone is 1. The van der Waals surface area contributed by atoms with Crippen LogP contribution >= 0.6 is 0 Å². The summed E-state index contributed by atoms with van der Waals surface area (Å²) in [6.07, 6.45) is 2.83. The second-order valence-electron chi connectivity index (χ2n) is 2.78. The van der Waals surface area contributed by atoms with Gasteiger partial charge in [0.1, 0.15) is 11.4 Å². The van der Waals surface area contributed by atoms with Gasteiger partial charge in [-0.25, -0.2) is 9.18 Å². The van der Waals surface area contributed by atoms with Crippen LogP contribution < -0.4 is 5.43 Å². The minimum atomic E-state index is -0.755. The number of hydrogen-bond acceptors (Lipinski definition) is 4. The number of halogens is 1. The Hall–Kier alpha value is -2.17. The Morgan fingerprint density at radius 1 is 1.62 bits per heavy atom. The zero-order valence-corrected chi connectivity index (χ0v) is 8.74. The fourth-order valence-corrected chi connectivity index (χ4v) is 1.09. The Morgan fingerprint density at radius 2 is 2.38 bits per heavy atom. The molecule has 1 N–H and O–H groups in total. The summed E-state index contributed by atoms with van der Waals surface area (Å²) < 4.78 is 17.9. The molecule has 0 saturated heterocycles. The van der Waals surface area contributed by atoms with Crippen molar-refractivity contribution in [2.45, 2.75) is 0 Å². The molecular weight excluding hydrogens is 211 g/mol. The van der Waals surface area contributed by atoms with E-state index in [9.17, 15) is 9.18 Å². The number of carbonyl (C=O) groups is 1. The van der Waals surface area contributed by atoms with Gasteiger partial charge in [0.15, 0.2) is 0 Å². The van der Waals surface area contributed by atoms with Gasteiger partial charge in [0.25, 0.3) is 0 Å². The van der Waals surface area contributed by atoms with Gasteiger partial charge in [0, 0.05) is 6.21 Å². The van der Waals surface area contributed by atoms with E-state index < -0.39 is 11.8 Å². The Morgan fingerprint density at radius 3 is 3.00 bits per heavy atom. The van der Waals surface area contributed by atoms with E-state index in [1.807, 2.05) is 0 Å². The van der Waals surface area contributed by atoms with Gasteiger partial charge in [-0.3, -0.25) is 5.43 Å². The summed E-state index contributed by atoms with van der Waals surface area (Å²) in [6, 6.07) is 4.16. The highest BCUT2D eigenvalue weighted by molar-refractivity contribution is 5.96. The summed E-state index contributed by atoms with van der Waals surface area (Å²) in [4.78, 5) is 11.3. The number of ether oxygens (including phenoxy) is 1. The molecule has 0 aliphatic rings. The molecule has 1 aromatic rings. The minimum absolute atomic E-state index is 0.175. The highest BCUT2D eigenvalue weighted by Crippen LogP contribution is 2.19. The third-order valence-electron chi connectivity index (χ3n) is 1.77. The maximum atomic E-state index is 13.4. The van der Waals surface area contributed by atoms with Crippen molar-refractivity contribution in [3.05, 3.63) is 42.2 Å². The highest BCUT2D eigenvalue weighted by atomic mass is 19.1. The van der Waals surface area contributed by atoms with Crippen molar-refractivity contribution in [1.29, 1.82) is 0 Å². The van der Waals surface area contributed by atoms with Gasteiger partial charge in [-0.1, -0.05) is 12.6 Å². The normalized spacial score (nSPS) is 10.1. The Kier molecular flexibility index (Phi) is 4.20. The fourth-order valence-electron chi connectivity index (χ4n) is 1.09. The zero-order valence-electron chi connectivity index (χ0n) is 8.74. The van der Waals surface area contributed by atoms with Crippen molar-refractivity contribution in [3.63, 3.8) is 0 Å². The summed E-state index contributed by atoms with van der Waals surface area (Å²) in [6.45, 7) is 3.43. The number of carbonyl (C=O) groups excluding carboxylic acids is 1. The van der Waals surface area contributed by atoms with E-state index in [2.05, 4.69) is 21.8 Å². The van der Waals surface area contributed by atoms with Gasteiger partial charge in [-0.05, 0) is 18.2 Å². The molecule has 0 spiro atoms. The van der Waals surface area contributed by atoms with Crippen molar-refractivity contribution in [2.75, 3.05) is 12.5 Å². The van der Waals surface area contributed by atoms with Crippen LogP contribution in [0.15, 0.2) is 36.0 Å². The fraction of sp³-hybridized carbons (Fsp3) is 0.0909. The Labute approximate surface area is 92.4 Å². The lowest BCUT2D eigenvalue weighted by molar-refractivity contribution is 0.0596. The lowest BCUT2D eigenvalue weighted by Gasteiger charge is -2.07. The second-order valence-corrected chi connectivity index (χ2v) is 2.78. The van der Waals surface area contributed by atoms with E-state index in [-0.39, 0.29) is 11.3 Å². The monoisotopic (exact) mass is 222 g/mol. The zero-order chi connectivity index (χ0) is 12.0. The van der Waals surface area contributed by atoms with Crippen LogP contribution in [0.1, 0.15) is 10.4 Å². The van der Waals surface area contributed by atoms with Crippen molar-refractivity contribution < 1.29 is 13.9 Å². The highest BCUT2D eigenvalue weighted by Gasteiger charge is 2.16. The number of rotatable bonds is 4. The molecule has 0 heterocycles. The van der Waals surface area contributed by atoms with Crippen molar-refractivity contribution in [1.82, 2.24) is 0 Å². The topological polar surface area (TPSA) is 50.7 Å². The average molecular weight is 222 g/mol. The number of benzene rings is 1. The third kappa shape index (κ3) is 2.66. The molecule has 1 rings (SSSR count). The maximum Gasteiger partial charge on any atom is 0.343 e.